The van der Waals surface area contributed by atoms with Crippen molar-refractivity contribution in [2.75, 3.05) is 44.3 Å². The third kappa shape index (κ3) is 6.48. The Bertz CT molecular complexity index is 1670. The Labute approximate surface area is 236 Å². The number of halogens is 3. The molecule has 0 atom stereocenters. The first-order valence-corrected chi connectivity index (χ1v) is 13.1. The molecular weight excluding hydrogens is 529 g/mol. The molecular formula is C31H29F3N6O. The molecule has 7 nitrogen and oxygen atoms in total. The van der Waals surface area contributed by atoms with E-state index < -0.39 is 17.6 Å². The Morgan fingerprint density at radius 3 is 2.54 bits per heavy atom. The predicted octanol–water partition coefficient (Wildman–Crippen LogP) is 4.94. The van der Waals surface area contributed by atoms with Gasteiger partial charge in [-0.2, -0.15) is 13.2 Å². The smallest absolute Gasteiger partial charge is 0.382 e. The Morgan fingerprint density at radius 1 is 1.02 bits per heavy atom. The lowest BCUT2D eigenvalue weighted by Gasteiger charge is -2.33. The highest BCUT2D eigenvalue weighted by Crippen LogP contribution is 2.35. The van der Waals surface area contributed by atoms with Crippen molar-refractivity contribution in [2.45, 2.75) is 19.6 Å². The third-order valence-corrected chi connectivity index (χ3v) is 7.17. The van der Waals surface area contributed by atoms with Crippen molar-refractivity contribution in [2.24, 2.45) is 0 Å². The van der Waals surface area contributed by atoms with Crippen LogP contribution in [0.25, 0.3) is 10.9 Å². The fourth-order valence-electron chi connectivity index (χ4n) is 4.73. The number of likely N-dealkylation sites (N-methyl/N-ethyl adjacent to an activating group) is 1. The van der Waals surface area contributed by atoms with Crippen molar-refractivity contribution in [3.63, 3.8) is 0 Å². The fraction of sp³-hybridized carbons (Fsp3) is 0.258. The topological polar surface area (TPSA) is 87.4 Å². The highest BCUT2D eigenvalue weighted by atomic mass is 19.4. The molecule has 4 aromatic rings. The molecule has 1 fully saturated rings. The maximum absolute atomic E-state index is 14.0. The van der Waals surface area contributed by atoms with Gasteiger partial charge in [-0.15, -0.1) is 0 Å². The van der Waals surface area contributed by atoms with E-state index >= 15 is 0 Å². The Balaban J connectivity index is 1.37. The van der Waals surface area contributed by atoms with Gasteiger partial charge in [-0.25, -0.2) is 4.98 Å². The van der Waals surface area contributed by atoms with Crippen LogP contribution in [0.4, 0.5) is 24.7 Å². The molecule has 0 unspecified atom stereocenters. The molecule has 210 valence electrons. The minimum atomic E-state index is -4.55. The van der Waals surface area contributed by atoms with Crippen LogP contribution < -0.4 is 11.1 Å². The number of pyridine rings is 2. The van der Waals surface area contributed by atoms with E-state index in [9.17, 15) is 18.0 Å². The summed E-state index contributed by atoms with van der Waals surface area (Å²) in [5, 5.41) is 3.38. The number of hydrogen-bond acceptors (Lipinski definition) is 6. The molecule has 41 heavy (non-hydrogen) atoms. The van der Waals surface area contributed by atoms with Crippen LogP contribution in [0.1, 0.15) is 38.2 Å². The number of alkyl halides is 3. The van der Waals surface area contributed by atoms with Crippen LogP contribution in [0.5, 0.6) is 0 Å². The van der Waals surface area contributed by atoms with Crippen molar-refractivity contribution >= 4 is 28.3 Å². The monoisotopic (exact) mass is 558 g/mol. The van der Waals surface area contributed by atoms with Crippen LogP contribution in [0.15, 0.2) is 60.9 Å². The van der Waals surface area contributed by atoms with Crippen LogP contribution in [0.2, 0.25) is 0 Å². The van der Waals surface area contributed by atoms with Gasteiger partial charge in [0.15, 0.2) is 0 Å². The Kier molecular flexibility index (Phi) is 7.92. The lowest BCUT2D eigenvalue weighted by Crippen LogP contribution is -2.44. The SMILES string of the molecule is Cc1ccc(C(=O)Nc2ccc(CN3CCN(C)CC3)c(C(F)(F)F)c2)cc1C#Cc1cnc(N)c2ncccc12. The van der Waals surface area contributed by atoms with Gasteiger partial charge in [0, 0.05) is 67.3 Å². The van der Waals surface area contributed by atoms with Gasteiger partial charge in [-0.3, -0.25) is 14.7 Å². The minimum absolute atomic E-state index is 0.0737. The number of anilines is 2. The fourth-order valence-corrected chi connectivity index (χ4v) is 4.73. The summed E-state index contributed by atoms with van der Waals surface area (Å²) in [6.07, 6.45) is -1.35. The van der Waals surface area contributed by atoms with E-state index in [1.165, 1.54) is 12.1 Å². The van der Waals surface area contributed by atoms with E-state index in [0.717, 1.165) is 30.1 Å². The van der Waals surface area contributed by atoms with Crippen molar-refractivity contribution in [1.29, 1.82) is 0 Å². The number of amides is 1. The highest BCUT2D eigenvalue weighted by molar-refractivity contribution is 6.04. The van der Waals surface area contributed by atoms with E-state index in [-0.39, 0.29) is 23.4 Å². The first-order chi connectivity index (χ1) is 19.6. The summed E-state index contributed by atoms with van der Waals surface area (Å²) in [6, 6.07) is 12.6. The van der Waals surface area contributed by atoms with E-state index in [4.69, 9.17) is 5.73 Å². The number of fused-ring (bicyclic) bond motifs is 1. The Morgan fingerprint density at radius 2 is 1.78 bits per heavy atom. The zero-order valence-corrected chi connectivity index (χ0v) is 22.7. The molecule has 1 aliphatic heterocycles. The molecule has 2 aromatic heterocycles. The number of nitrogens with one attached hydrogen (secondary N) is 1. The summed E-state index contributed by atoms with van der Waals surface area (Å²) in [5.74, 6) is 5.94. The van der Waals surface area contributed by atoms with Crippen LogP contribution in [-0.2, 0) is 12.7 Å². The summed E-state index contributed by atoms with van der Waals surface area (Å²) in [4.78, 5) is 25.7. The minimum Gasteiger partial charge on any atom is -0.382 e. The lowest BCUT2D eigenvalue weighted by molar-refractivity contribution is -0.138. The maximum atomic E-state index is 14.0. The van der Waals surface area contributed by atoms with Gasteiger partial charge < -0.3 is 16.0 Å². The molecule has 10 heteroatoms. The zero-order chi connectivity index (χ0) is 29.1. The van der Waals surface area contributed by atoms with Gasteiger partial charge in [-0.1, -0.05) is 24.0 Å². The number of rotatable bonds is 4. The molecule has 0 radical (unpaired) electrons. The predicted molar refractivity (Wildman–Crippen MR) is 153 cm³/mol. The summed E-state index contributed by atoms with van der Waals surface area (Å²) in [7, 11) is 2.00. The second kappa shape index (κ2) is 11.6. The zero-order valence-electron chi connectivity index (χ0n) is 22.7. The molecule has 0 spiro atoms. The van der Waals surface area contributed by atoms with E-state index in [1.807, 2.05) is 24.9 Å². The van der Waals surface area contributed by atoms with Gasteiger partial charge >= 0.3 is 6.18 Å². The summed E-state index contributed by atoms with van der Waals surface area (Å²) in [5.41, 5.74) is 8.35. The normalized spacial score (nSPS) is 14.5. The molecule has 5 rings (SSSR count). The van der Waals surface area contributed by atoms with Crippen LogP contribution in [0.3, 0.4) is 0 Å². The van der Waals surface area contributed by atoms with Gasteiger partial charge in [0.1, 0.15) is 11.3 Å². The molecule has 3 N–H and O–H groups in total. The molecule has 0 bridgehead atoms. The number of nitrogens with zero attached hydrogens (tertiary/aromatic N) is 4. The number of hydrogen-bond donors (Lipinski definition) is 2. The maximum Gasteiger partial charge on any atom is 0.416 e. The van der Waals surface area contributed by atoms with Crippen molar-refractivity contribution in [3.05, 3.63) is 94.3 Å². The largest absolute Gasteiger partial charge is 0.416 e. The van der Waals surface area contributed by atoms with Crippen molar-refractivity contribution < 1.29 is 18.0 Å². The standard InChI is InChI=1S/C31H29F3N6O/c1-20-5-6-22(16-21(20)7-8-23-18-37-29(35)28-26(23)4-3-11-36-28)30(41)38-25-10-9-24(27(17-25)31(32,33)34)19-40-14-12-39(2)13-15-40/h3-6,9-11,16-18H,12-15,19H2,1-2H3,(H2,35,37)(H,38,41). The summed E-state index contributed by atoms with van der Waals surface area (Å²) in [6.45, 7) is 5.08. The Hall–Kier alpha value is -4.46. The third-order valence-electron chi connectivity index (χ3n) is 7.17. The molecule has 1 amide bonds. The van der Waals surface area contributed by atoms with Crippen molar-refractivity contribution in [3.8, 4) is 11.8 Å². The quantitative estimate of drug-likeness (QED) is 0.345. The van der Waals surface area contributed by atoms with Crippen molar-refractivity contribution in [1.82, 2.24) is 19.8 Å². The molecule has 1 saturated heterocycles. The van der Waals surface area contributed by atoms with E-state index in [1.54, 1.807) is 36.7 Å². The number of nitrogen functional groups attached to an aromatic ring is 1. The average molecular weight is 559 g/mol. The molecule has 3 heterocycles. The van der Waals surface area contributed by atoms with E-state index in [0.29, 0.717) is 35.6 Å². The van der Waals surface area contributed by atoms with Crippen LogP contribution in [0, 0.1) is 18.8 Å². The molecule has 2 aromatic carbocycles. The van der Waals surface area contributed by atoms with Gasteiger partial charge in [0.25, 0.3) is 5.91 Å². The van der Waals surface area contributed by atoms with Crippen LogP contribution in [-0.4, -0.2) is 58.9 Å². The first-order valence-electron chi connectivity index (χ1n) is 13.1. The number of piperazine rings is 1. The summed E-state index contributed by atoms with van der Waals surface area (Å²) >= 11 is 0. The highest BCUT2D eigenvalue weighted by Gasteiger charge is 2.34. The van der Waals surface area contributed by atoms with Crippen LogP contribution >= 0.6 is 0 Å². The van der Waals surface area contributed by atoms with Gasteiger partial charge in [0.2, 0.25) is 0 Å². The number of aromatic nitrogens is 2. The second-order valence-corrected chi connectivity index (χ2v) is 10.1. The first kappa shape index (κ1) is 28.1. The second-order valence-electron chi connectivity index (χ2n) is 10.1. The molecule has 0 aliphatic carbocycles. The number of carbonyl (C=O) groups is 1. The summed E-state index contributed by atoms with van der Waals surface area (Å²) < 4.78 is 41.9. The van der Waals surface area contributed by atoms with E-state index in [2.05, 4.69) is 32.0 Å². The number of carbonyl (C=O) groups excluding carboxylic acids is 1. The number of aryl methyl sites for hydroxylation is 1. The number of benzene rings is 2. The molecule has 1 aliphatic rings. The average Bonchev–Trinajstić information content (AvgIpc) is 2.95. The number of nitrogens with two attached hydrogens (primary N) is 1. The van der Waals surface area contributed by atoms with Gasteiger partial charge in [-0.05, 0) is 61.5 Å². The molecule has 0 saturated carbocycles. The van der Waals surface area contributed by atoms with Gasteiger partial charge in [0.05, 0.1) is 11.1 Å². The lowest BCUT2D eigenvalue weighted by atomic mass is 10.0.